The molecule has 82 valence electrons. The van der Waals surface area contributed by atoms with Crippen LogP contribution in [0.25, 0.3) is 0 Å². The van der Waals surface area contributed by atoms with Crippen molar-refractivity contribution < 1.29 is 14.3 Å². The number of phenols is 1. The van der Waals surface area contributed by atoms with Crippen molar-refractivity contribution in [2.75, 3.05) is 0 Å². The Morgan fingerprint density at radius 3 is 2.24 bits per heavy atom. The molecule has 3 rings (SSSR count). The smallest absolute Gasteiger partial charge is 0.508 e. The van der Waals surface area contributed by atoms with Crippen LogP contribution in [0.4, 0.5) is 0 Å². The SMILES string of the molecule is O=C1[O+]=C(c2ccc(O)cc2)c2ccccc21. The van der Waals surface area contributed by atoms with Crippen molar-refractivity contribution in [3.63, 3.8) is 0 Å². The number of hydrogen-bond donors (Lipinski definition) is 1. The van der Waals surface area contributed by atoms with Gasteiger partial charge in [-0.05, 0) is 36.4 Å². The minimum Gasteiger partial charge on any atom is -0.508 e. The number of fused-ring (bicyclic) bond motifs is 1. The van der Waals surface area contributed by atoms with Gasteiger partial charge < -0.3 is 5.11 Å². The van der Waals surface area contributed by atoms with E-state index in [1.54, 1.807) is 36.4 Å². The zero-order valence-corrected chi connectivity index (χ0v) is 8.88. The summed E-state index contributed by atoms with van der Waals surface area (Å²) in [6, 6.07) is 13.8. The van der Waals surface area contributed by atoms with Crippen LogP contribution in [-0.4, -0.2) is 16.9 Å². The average Bonchev–Trinajstić information content (AvgIpc) is 2.69. The second kappa shape index (κ2) is 3.56. The van der Waals surface area contributed by atoms with Crippen LogP contribution in [-0.2, 0) is 0 Å². The van der Waals surface area contributed by atoms with Crippen LogP contribution in [0.2, 0.25) is 0 Å². The van der Waals surface area contributed by atoms with Crippen molar-refractivity contribution in [3.05, 3.63) is 65.2 Å². The fourth-order valence-electron chi connectivity index (χ4n) is 1.89. The number of rotatable bonds is 1. The van der Waals surface area contributed by atoms with Crippen molar-refractivity contribution in [1.29, 1.82) is 0 Å². The summed E-state index contributed by atoms with van der Waals surface area (Å²) in [7, 11) is 0. The molecule has 2 aromatic carbocycles. The molecular weight excluding hydrogens is 216 g/mol. The summed E-state index contributed by atoms with van der Waals surface area (Å²) in [4.78, 5) is 11.6. The number of carbonyl (C=O) groups excluding carboxylic acids is 2. The van der Waals surface area contributed by atoms with E-state index >= 15 is 0 Å². The minimum atomic E-state index is -0.330. The van der Waals surface area contributed by atoms with E-state index in [0.717, 1.165) is 11.1 Å². The van der Waals surface area contributed by atoms with Crippen molar-refractivity contribution >= 4 is 11.8 Å². The van der Waals surface area contributed by atoms with Crippen LogP contribution in [0.3, 0.4) is 0 Å². The highest BCUT2D eigenvalue weighted by Gasteiger charge is 2.35. The molecule has 2 aromatic rings. The molecule has 0 fully saturated rings. The summed E-state index contributed by atoms with van der Waals surface area (Å²) in [5.74, 6) is 0.404. The lowest BCUT2D eigenvalue weighted by atomic mass is 10.0. The van der Waals surface area contributed by atoms with Gasteiger partial charge in [0.25, 0.3) is 5.78 Å². The Balaban J connectivity index is 2.15. The van der Waals surface area contributed by atoms with Gasteiger partial charge in [-0.25, -0.2) is 0 Å². The molecule has 0 atom stereocenters. The van der Waals surface area contributed by atoms with Gasteiger partial charge >= 0.3 is 5.97 Å². The van der Waals surface area contributed by atoms with E-state index in [1.807, 2.05) is 12.1 Å². The molecule has 3 heteroatoms. The molecule has 0 unspecified atom stereocenters. The normalized spacial score (nSPS) is 13.4. The summed E-state index contributed by atoms with van der Waals surface area (Å²) in [6.45, 7) is 0. The standard InChI is InChI=1S/C14H8O3/c15-10-7-5-9(6-8-10)13-11-3-1-2-4-12(11)14(16)17-13/h1-8H/p+1. The number of carbonyl (C=O) groups is 1. The first-order valence-corrected chi connectivity index (χ1v) is 5.23. The van der Waals surface area contributed by atoms with Gasteiger partial charge in [-0.3, -0.25) is 4.42 Å². The third-order valence-electron chi connectivity index (χ3n) is 2.72. The van der Waals surface area contributed by atoms with Crippen molar-refractivity contribution in [2.24, 2.45) is 0 Å². The fourth-order valence-corrected chi connectivity index (χ4v) is 1.89. The minimum absolute atomic E-state index is 0.187. The van der Waals surface area contributed by atoms with Gasteiger partial charge in [0.15, 0.2) is 0 Å². The van der Waals surface area contributed by atoms with Crippen molar-refractivity contribution in [2.45, 2.75) is 0 Å². The maximum atomic E-state index is 11.6. The number of benzene rings is 2. The van der Waals surface area contributed by atoms with Gasteiger partial charge in [0.1, 0.15) is 11.3 Å². The van der Waals surface area contributed by atoms with Crippen LogP contribution in [0.1, 0.15) is 25.9 Å². The number of hydrogen-bond acceptors (Lipinski definition) is 2. The highest BCUT2D eigenvalue weighted by molar-refractivity contribution is 6.19. The molecule has 0 radical (unpaired) electrons. The molecule has 0 spiro atoms. The Morgan fingerprint density at radius 2 is 1.53 bits per heavy atom. The molecule has 0 bridgehead atoms. The monoisotopic (exact) mass is 225 g/mol. The summed E-state index contributed by atoms with van der Waals surface area (Å²) >= 11 is 0. The molecule has 0 saturated heterocycles. The molecular formula is C14H9O3+. The second-order valence-electron chi connectivity index (χ2n) is 3.81. The quantitative estimate of drug-likeness (QED) is 0.757. The third kappa shape index (κ3) is 1.52. The second-order valence-corrected chi connectivity index (χ2v) is 3.81. The van der Waals surface area contributed by atoms with Gasteiger partial charge in [-0.2, -0.15) is 0 Å². The van der Waals surface area contributed by atoms with Gasteiger partial charge in [-0.15, -0.1) is 0 Å². The lowest BCUT2D eigenvalue weighted by Crippen LogP contribution is -2.00. The van der Waals surface area contributed by atoms with Gasteiger partial charge in [0.05, 0.1) is 10.4 Å². The van der Waals surface area contributed by atoms with Gasteiger partial charge in [-0.1, -0.05) is 12.1 Å². The Morgan fingerprint density at radius 1 is 0.882 bits per heavy atom. The molecule has 17 heavy (non-hydrogen) atoms. The zero-order valence-electron chi connectivity index (χ0n) is 8.88. The van der Waals surface area contributed by atoms with E-state index in [9.17, 15) is 9.90 Å². The van der Waals surface area contributed by atoms with E-state index in [2.05, 4.69) is 0 Å². The topological polar surface area (TPSA) is 48.6 Å². The maximum Gasteiger partial charge on any atom is 0.614 e. The summed E-state index contributed by atoms with van der Waals surface area (Å²) in [6.07, 6.45) is 0. The third-order valence-corrected chi connectivity index (χ3v) is 2.72. The summed E-state index contributed by atoms with van der Waals surface area (Å²) < 4.78 is 5.25. The Kier molecular flexibility index (Phi) is 2.05. The first-order valence-electron chi connectivity index (χ1n) is 5.23. The van der Waals surface area contributed by atoms with Crippen molar-refractivity contribution in [1.82, 2.24) is 0 Å². The van der Waals surface area contributed by atoms with E-state index in [-0.39, 0.29) is 11.7 Å². The first-order chi connectivity index (χ1) is 8.25. The van der Waals surface area contributed by atoms with E-state index in [0.29, 0.717) is 11.3 Å². The molecule has 0 saturated carbocycles. The largest absolute Gasteiger partial charge is 0.614 e. The molecule has 1 aliphatic rings. The van der Waals surface area contributed by atoms with Crippen LogP contribution in [0.5, 0.6) is 5.75 Å². The molecule has 1 N–H and O–H groups in total. The van der Waals surface area contributed by atoms with Gasteiger partial charge in [0.2, 0.25) is 0 Å². The predicted octanol–water partition coefficient (Wildman–Crippen LogP) is 2.31. The van der Waals surface area contributed by atoms with E-state index in [4.69, 9.17) is 4.42 Å². The van der Waals surface area contributed by atoms with Crippen LogP contribution in [0, 0.1) is 0 Å². The van der Waals surface area contributed by atoms with Crippen LogP contribution < -0.4 is 0 Å². The lowest BCUT2D eigenvalue weighted by molar-refractivity contribution is -0.162. The molecule has 0 aromatic heterocycles. The number of aromatic hydroxyl groups is 1. The molecule has 1 heterocycles. The fraction of sp³-hybridized carbons (Fsp3) is 0. The van der Waals surface area contributed by atoms with E-state index in [1.165, 1.54) is 0 Å². The van der Waals surface area contributed by atoms with E-state index < -0.39 is 0 Å². The molecule has 0 amide bonds. The lowest BCUT2D eigenvalue weighted by Gasteiger charge is -1.97. The van der Waals surface area contributed by atoms with Crippen molar-refractivity contribution in [3.8, 4) is 5.75 Å². The maximum absolute atomic E-state index is 11.6. The number of ketones is 1. The Labute approximate surface area is 97.6 Å². The highest BCUT2D eigenvalue weighted by Crippen LogP contribution is 2.23. The van der Waals surface area contributed by atoms with Crippen LogP contribution in [0.15, 0.2) is 48.5 Å². The predicted molar refractivity (Wildman–Crippen MR) is 62.3 cm³/mol. The molecule has 3 nitrogen and oxygen atoms in total. The Bertz CT molecular complexity index is 624. The van der Waals surface area contributed by atoms with Crippen LogP contribution >= 0.6 is 0 Å². The molecule has 0 aliphatic carbocycles. The summed E-state index contributed by atoms with van der Waals surface area (Å²) in [5, 5.41) is 9.23. The Hall–Kier alpha value is -2.42. The average molecular weight is 225 g/mol. The zero-order chi connectivity index (χ0) is 11.8. The van der Waals surface area contributed by atoms with Gasteiger partial charge in [0, 0.05) is 5.56 Å². The number of phenolic OH excluding ortho intramolecular Hbond substituents is 1. The highest BCUT2D eigenvalue weighted by atomic mass is 16.5. The molecule has 1 aliphatic heterocycles. The first kappa shape index (κ1) is 9.78. The summed E-state index contributed by atoms with van der Waals surface area (Å²) in [5.41, 5.74) is 2.15.